The summed E-state index contributed by atoms with van der Waals surface area (Å²) in [6, 6.07) is 5.39. The van der Waals surface area contributed by atoms with Crippen LogP contribution < -0.4 is 0 Å². The zero-order valence-electron chi connectivity index (χ0n) is 13.7. The van der Waals surface area contributed by atoms with Crippen molar-refractivity contribution in [1.82, 2.24) is 9.47 Å². The molecule has 0 fully saturated rings. The lowest BCUT2D eigenvalue weighted by atomic mass is 10.2. The number of halogens is 2. The van der Waals surface area contributed by atoms with Crippen LogP contribution in [0, 0.1) is 5.82 Å². The first-order valence-electron chi connectivity index (χ1n) is 7.62. The van der Waals surface area contributed by atoms with E-state index in [1.54, 1.807) is 17.0 Å². The van der Waals surface area contributed by atoms with Crippen LogP contribution in [0.3, 0.4) is 0 Å². The van der Waals surface area contributed by atoms with Gasteiger partial charge in [0.1, 0.15) is 11.4 Å². The number of carbonyl (C=O) groups is 1. The fraction of sp³-hybridized carbons (Fsp3) is 0.471. The van der Waals surface area contributed by atoms with Crippen molar-refractivity contribution in [1.29, 1.82) is 0 Å². The van der Waals surface area contributed by atoms with Gasteiger partial charge in [-0.05, 0) is 61.8 Å². The van der Waals surface area contributed by atoms with E-state index >= 15 is 0 Å². The molecule has 0 bridgehead atoms. The van der Waals surface area contributed by atoms with Crippen molar-refractivity contribution in [2.75, 3.05) is 6.54 Å². The van der Waals surface area contributed by atoms with E-state index in [0.717, 1.165) is 16.6 Å². The molecule has 0 unspecified atom stereocenters. The summed E-state index contributed by atoms with van der Waals surface area (Å²) in [4.78, 5) is 14.0. The molecule has 1 amide bonds. The fourth-order valence-electron chi connectivity index (χ4n) is 3.05. The Labute approximate surface area is 143 Å². The lowest BCUT2D eigenvalue weighted by molar-refractivity contribution is 0.0176. The molecule has 1 aromatic carbocycles. The summed E-state index contributed by atoms with van der Waals surface area (Å²) in [5.41, 5.74) is 1.33. The molecular formula is C17H20BrFN2O2. The van der Waals surface area contributed by atoms with E-state index in [4.69, 9.17) is 4.74 Å². The Morgan fingerprint density at radius 2 is 2.04 bits per heavy atom. The molecular weight excluding hydrogens is 363 g/mol. The summed E-state index contributed by atoms with van der Waals surface area (Å²) in [6.07, 6.45) is -0.312. The number of hydrogen-bond donors (Lipinski definition) is 0. The van der Waals surface area contributed by atoms with Crippen molar-refractivity contribution < 1.29 is 13.9 Å². The predicted molar refractivity (Wildman–Crippen MR) is 91.0 cm³/mol. The average Bonchev–Trinajstić information content (AvgIpc) is 2.75. The third kappa shape index (κ3) is 3.09. The van der Waals surface area contributed by atoms with E-state index in [9.17, 15) is 9.18 Å². The van der Waals surface area contributed by atoms with Crippen LogP contribution in [0.1, 0.15) is 39.4 Å². The van der Waals surface area contributed by atoms with E-state index in [0.29, 0.717) is 17.6 Å². The molecule has 6 heteroatoms. The van der Waals surface area contributed by atoms with Crippen LogP contribution in [0.5, 0.6) is 0 Å². The summed E-state index contributed by atoms with van der Waals surface area (Å²) in [5.74, 6) is -0.278. The Hall–Kier alpha value is -1.56. The third-order valence-electron chi connectivity index (χ3n) is 3.89. The number of rotatable bonds is 0. The minimum atomic E-state index is -0.515. The summed E-state index contributed by atoms with van der Waals surface area (Å²) in [7, 11) is 0. The monoisotopic (exact) mass is 382 g/mol. The van der Waals surface area contributed by atoms with Gasteiger partial charge in [0.2, 0.25) is 0 Å². The second-order valence-corrected chi connectivity index (χ2v) is 7.90. The summed E-state index contributed by atoms with van der Waals surface area (Å²) >= 11 is 3.22. The average molecular weight is 383 g/mol. The van der Waals surface area contributed by atoms with Crippen LogP contribution in [0.2, 0.25) is 0 Å². The van der Waals surface area contributed by atoms with E-state index in [1.807, 2.05) is 33.8 Å². The van der Waals surface area contributed by atoms with Gasteiger partial charge in [-0.3, -0.25) is 0 Å². The highest BCUT2D eigenvalue weighted by Gasteiger charge is 2.30. The SMILES string of the molecule is C[C@@H]1CN(C(=O)OC(C)(C)C)Cc2cc3cc(Br)c(F)cc3n21. The molecule has 0 spiro atoms. The second-order valence-electron chi connectivity index (χ2n) is 7.04. The second kappa shape index (κ2) is 5.51. The van der Waals surface area contributed by atoms with Gasteiger partial charge in [0.05, 0.1) is 16.5 Å². The molecule has 2 aromatic rings. The summed E-state index contributed by atoms with van der Waals surface area (Å²) in [6.45, 7) is 8.61. The Kier molecular flexibility index (Phi) is 3.91. The Balaban J connectivity index is 1.96. The van der Waals surface area contributed by atoms with Gasteiger partial charge in [-0.15, -0.1) is 0 Å². The van der Waals surface area contributed by atoms with Crippen LogP contribution in [0.4, 0.5) is 9.18 Å². The number of nitrogens with zero attached hydrogens (tertiary/aromatic N) is 2. The molecule has 0 N–H and O–H groups in total. The fourth-order valence-corrected chi connectivity index (χ4v) is 3.41. The van der Waals surface area contributed by atoms with Crippen LogP contribution in [-0.2, 0) is 11.3 Å². The molecule has 0 saturated heterocycles. The largest absolute Gasteiger partial charge is 0.444 e. The predicted octanol–water partition coefficient (Wildman–Crippen LogP) is 4.85. The molecule has 0 radical (unpaired) electrons. The number of fused-ring (bicyclic) bond motifs is 3. The van der Waals surface area contributed by atoms with Gasteiger partial charge in [-0.1, -0.05) is 0 Å². The number of aromatic nitrogens is 1. The van der Waals surface area contributed by atoms with E-state index in [-0.39, 0.29) is 18.0 Å². The highest BCUT2D eigenvalue weighted by Crippen LogP contribution is 2.32. The molecule has 1 aliphatic heterocycles. The maximum absolute atomic E-state index is 13.9. The van der Waals surface area contributed by atoms with Gasteiger partial charge in [-0.25, -0.2) is 9.18 Å². The molecule has 0 aliphatic carbocycles. The quantitative estimate of drug-likeness (QED) is 0.652. The number of benzene rings is 1. The minimum Gasteiger partial charge on any atom is -0.444 e. The Morgan fingerprint density at radius 3 is 2.70 bits per heavy atom. The van der Waals surface area contributed by atoms with Crippen molar-refractivity contribution in [3.8, 4) is 0 Å². The van der Waals surface area contributed by atoms with Crippen LogP contribution in [-0.4, -0.2) is 27.7 Å². The first-order valence-corrected chi connectivity index (χ1v) is 8.42. The van der Waals surface area contributed by atoms with Crippen LogP contribution in [0.25, 0.3) is 10.9 Å². The summed E-state index contributed by atoms with van der Waals surface area (Å²) in [5, 5.41) is 0.964. The van der Waals surface area contributed by atoms with Gasteiger partial charge >= 0.3 is 6.09 Å². The van der Waals surface area contributed by atoms with Crippen molar-refractivity contribution in [3.63, 3.8) is 0 Å². The van der Waals surface area contributed by atoms with Gasteiger partial charge < -0.3 is 14.2 Å². The lowest BCUT2D eigenvalue weighted by Gasteiger charge is -2.34. The van der Waals surface area contributed by atoms with Crippen molar-refractivity contribution in [2.45, 2.75) is 45.9 Å². The van der Waals surface area contributed by atoms with Crippen LogP contribution in [0.15, 0.2) is 22.7 Å². The molecule has 1 atom stereocenters. The molecule has 124 valence electrons. The molecule has 3 rings (SSSR count). The van der Waals surface area contributed by atoms with Gasteiger partial charge in [0.25, 0.3) is 0 Å². The molecule has 1 aliphatic rings. The van der Waals surface area contributed by atoms with E-state index < -0.39 is 5.60 Å². The smallest absolute Gasteiger partial charge is 0.410 e. The van der Waals surface area contributed by atoms with Gasteiger partial charge in [-0.2, -0.15) is 0 Å². The highest BCUT2D eigenvalue weighted by atomic mass is 79.9. The van der Waals surface area contributed by atoms with Crippen LogP contribution >= 0.6 is 15.9 Å². The standard InChI is InChI=1S/C17H20BrFN2O2/c1-10-8-20(16(22)23-17(2,3)4)9-12-5-11-6-13(18)14(19)7-15(11)21(10)12/h5-7,10H,8-9H2,1-4H3/t10-/m1/s1. The first-order chi connectivity index (χ1) is 10.7. The van der Waals surface area contributed by atoms with Gasteiger partial charge in [0, 0.05) is 23.7 Å². The summed E-state index contributed by atoms with van der Waals surface area (Å²) < 4.78 is 21.9. The first kappa shape index (κ1) is 16.3. The molecule has 23 heavy (non-hydrogen) atoms. The van der Waals surface area contributed by atoms with Gasteiger partial charge in [0.15, 0.2) is 0 Å². The van der Waals surface area contributed by atoms with E-state index in [1.165, 1.54) is 0 Å². The Morgan fingerprint density at radius 1 is 1.35 bits per heavy atom. The van der Waals surface area contributed by atoms with Crippen molar-refractivity contribution >= 4 is 32.9 Å². The zero-order chi connectivity index (χ0) is 16.9. The number of hydrogen-bond acceptors (Lipinski definition) is 2. The number of carbonyl (C=O) groups excluding carboxylic acids is 1. The highest BCUT2D eigenvalue weighted by molar-refractivity contribution is 9.10. The number of amides is 1. The Bertz CT molecular complexity index is 779. The van der Waals surface area contributed by atoms with Crippen molar-refractivity contribution in [2.24, 2.45) is 0 Å². The molecule has 1 aromatic heterocycles. The zero-order valence-corrected chi connectivity index (χ0v) is 15.3. The van der Waals surface area contributed by atoms with Crippen molar-refractivity contribution in [3.05, 3.63) is 34.2 Å². The normalized spacial score (nSPS) is 18.2. The molecule has 2 heterocycles. The topological polar surface area (TPSA) is 34.5 Å². The molecule has 4 nitrogen and oxygen atoms in total. The maximum atomic E-state index is 13.9. The molecule has 0 saturated carbocycles. The van der Waals surface area contributed by atoms with E-state index in [2.05, 4.69) is 20.5 Å². The number of ether oxygens (including phenoxy) is 1. The third-order valence-corrected chi connectivity index (χ3v) is 4.50. The minimum absolute atomic E-state index is 0.0596. The lowest BCUT2D eigenvalue weighted by Crippen LogP contribution is -2.42. The maximum Gasteiger partial charge on any atom is 0.410 e.